The van der Waals surface area contributed by atoms with Crippen LogP contribution in [0.15, 0.2) is 22.7 Å². The lowest BCUT2D eigenvalue weighted by molar-refractivity contribution is 0.194. The molecule has 2 fully saturated rings. The number of aryl methyl sites for hydroxylation is 1. The molecule has 2 aliphatic rings. The van der Waals surface area contributed by atoms with Gasteiger partial charge in [-0.15, -0.1) is 12.4 Å². The van der Waals surface area contributed by atoms with Gasteiger partial charge in [0.05, 0.1) is 0 Å². The summed E-state index contributed by atoms with van der Waals surface area (Å²) in [6.45, 7) is 8.33. The van der Waals surface area contributed by atoms with Crippen LogP contribution in [-0.2, 0) is 6.54 Å². The van der Waals surface area contributed by atoms with Crippen LogP contribution >= 0.6 is 28.3 Å². The fraction of sp³-hybridized carbons (Fsp3) is 0.625. The maximum atomic E-state index is 3.55. The molecule has 0 radical (unpaired) electrons. The molecular formula is C16H24BrClN2. The first-order valence-electron chi connectivity index (χ1n) is 7.35. The average molecular weight is 360 g/mol. The molecule has 0 bridgehead atoms. The second kappa shape index (κ2) is 6.78. The van der Waals surface area contributed by atoms with Crippen LogP contribution in [0.2, 0.25) is 0 Å². The standard InChI is InChI=1S/C16H23BrN2.ClH/c1-13-10-15(17)3-2-14(13)11-19-9-6-16(12-19)4-7-18-8-5-16;/h2-3,10,18H,4-9,11-12H2,1H3;1H. The summed E-state index contributed by atoms with van der Waals surface area (Å²) in [4.78, 5) is 2.65. The molecule has 0 saturated carbocycles. The topological polar surface area (TPSA) is 15.3 Å². The van der Waals surface area contributed by atoms with Crippen molar-refractivity contribution >= 4 is 28.3 Å². The Morgan fingerprint density at radius 1 is 1.25 bits per heavy atom. The number of nitrogens with one attached hydrogen (secondary N) is 1. The number of piperidine rings is 1. The third-order valence-electron chi connectivity index (χ3n) is 4.88. The van der Waals surface area contributed by atoms with Crippen LogP contribution in [0, 0.1) is 12.3 Å². The van der Waals surface area contributed by atoms with E-state index in [-0.39, 0.29) is 12.4 Å². The Balaban J connectivity index is 0.00000147. The van der Waals surface area contributed by atoms with Gasteiger partial charge in [-0.3, -0.25) is 4.90 Å². The molecule has 3 rings (SSSR count). The van der Waals surface area contributed by atoms with E-state index in [1.807, 2.05) is 0 Å². The maximum Gasteiger partial charge on any atom is 0.0236 e. The van der Waals surface area contributed by atoms with E-state index in [2.05, 4.69) is 51.3 Å². The van der Waals surface area contributed by atoms with Crippen molar-refractivity contribution in [1.82, 2.24) is 10.2 Å². The smallest absolute Gasteiger partial charge is 0.0236 e. The minimum Gasteiger partial charge on any atom is -0.317 e. The van der Waals surface area contributed by atoms with Gasteiger partial charge in [-0.2, -0.15) is 0 Å². The van der Waals surface area contributed by atoms with Crippen molar-refractivity contribution in [3.8, 4) is 0 Å². The van der Waals surface area contributed by atoms with Gasteiger partial charge in [-0.05, 0) is 74.5 Å². The van der Waals surface area contributed by atoms with Crippen LogP contribution < -0.4 is 5.32 Å². The van der Waals surface area contributed by atoms with Crippen LogP contribution in [0.4, 0.5) is 0 Å². The summed E-state index contributed by atoms with van der Waals surface area (Å²) in [7, 11) is 0. The highest BCUT2D eigenvalue weighted by molar-refractivity contribution is 9.10. The van der Waals surface area contributed by atoms with Gasteiger partial charge in [0.1, 0.15) is 0 Å². The van der Waals surface area contributed by atoms with E-state index in [9.17, 15) is 0 Å². The molecule has 0 unspecified atom stereocenters. The highest BCUT2D eigenvalue weighted by atomic mass is 79.9. The summed E-state index contributed by atoms with van der Waals surface area (Å²) in [6.07, 6.45) is 4.12. The normalized spacial score (nSPS) is 21.9. The number of hydrogen-bond acceptors (Lipinski definition) is 2. The van der Waals surface area contributed by atoms with E-state index < -0.39 is 0 Å². The van der Waals surface area contributed by atoms with Crippen molar-refractivity contribution < 1.29 is 0 Å². The van der Waals surface area contributed by atoms with Crippen molar-refractivity contribution in [3.63, 3.8) is 0 Å². The summed E-state index contributed by atoms with van der Waals surface area (Å²) < 4.78 is 1.19. The Bertz CT molecular complexity index is 458. The molecule has 1 N–H and O–H groups in total. The zero-order chi connectivity index (χ0) is 13.3. The molecule has 1 aromatic carbocycles. The number of halogens is 2. The molecule has 20 heavy (non-hydrogen) atoms. The second-order valence-corrected chi connectivity index (χ2v) is 7.20. The maximum absolute atomic E-state index is 3.55. The lowest BCUT2D eigenvalue weighted by atomic mass is 9.78. The zero-order valence-corrected chi connectivity index (χ0v) is 14.5. The lowest BCUT2D eigenvalue weighted by Crippen LogP contribution is -2.38. The second-order valence-electron chi connectivity index (χ2n) is 6.28. The van der Waals surface area contributed by atoms with Crippen LogP contribution in [-0.4, -0.2) is 31.1 Å². The number of rotatable bonds is 2. The molecule has 0 amide bonds. The van der Waals surface area contributed by atoms with Gasteiger partial charge < -0.3 is 5.32 Å². The first-order valence-corrected chi connectivity index (χ1v) is 8.14. The molecule has 0 aromatic heterocycles. The monoisotopic (exact) mass is 358 g/mol. The molecule has 1 spiro atoms. The SMILES string of the molecule is Cc1cc(Br)ccc1CN1CCC2(CCNCC2)C1.Cl. The highest BCUT2D eigenvalue weighted by Gasteiger charge is 2.38. The molecule has 0 aliphatic carbocycles. The first-order chi connectivity index (χ1) is 9.17. The first kappa shape index (κ1) is 16.3. The van der Waals surface area contributed by atoms with Crippen LogP contribution in [0.5, 0.6) is 0 Å². The minimum absolute atomic E-state index is 0. The molecule has 2 heterocycles. The Morgan fingerprint density at radius 3 is 2.70 bits per heavy atom. The highest BCUT2D eigenvalue weighted by Crippen LogP contribution is 2.39. The largest absolute Gasteiger partial charge is 0.317 e. The quantitative estimate of drug-likeness (QED) is 0.865. The van der Waals surface area contributed by atoms with Crippen molar-refractivity contribution in [3.05, 3.63) is 33.8 Å². The van der Waals surface area contributed by atoms with Crippen molar-refractivity contribution in [2.45, 2.75) is 32.7 Å². The van der Waals surface area contributed by atoms with E-state index in [1.165, 1.54) is 61.0 Å². The molecule has 112 valence electrons. The van der Waals surface area contributed by atoms with Crippen molar-refractivity contribution in [2.75, 3.05) is 26.2 Å². The van der Waals surface area contributed by atoms with Crippen molar-refractivity contribution in [2.24, 2.45) is 5.41 Å². The van der Waals surface area contributed by atoms with Gasteiger partial charge >= 0.3 is 0 Å². The molecule has 4 heteroatoms. The Kier molecular flexibility index (Phi) is 5.52. The summed E-state index contributed by atoms with van der Waals surface area (Å²) >= 11 is 3.55. The van der Waals surface area contributed by atoms with Gasteiger partial charge in [-0.25, -0.2) is 0 Å². The third-order valence-corrected chi connectivity index (χ3v) is 5.37. The molecule has 2 nitrogen and oxygen atoms in total. The third kappa shape index (κ3) is 3.56. The van der Waals surface area contributed by atoms with Crippen LogP contribution in [0.25, 0.3) is 0 Å². The predicted octanol–water partition coefficient (Wildman–Crippen LogP) is 3.75. The van der Waals surface area contributed by atoms with E-state index >= 15 is 0 Å². The molecule has 2 aliphatic heterocycles. The summed E-state index contributed by atoms with van der Waals surface area (Å²) in [6, 6.07) is 6.66. The van der Waals surface area contributed by atoms with Crippen LogP contribution in [0.3, 0.4) is 0 Å². The summed E-state index contributed by atoms with van der Waals surface area (Å²) in [5, 5.41) is 3.49. The summed E-state index contributed by atoms with van der Waals surface area (Å²) in [5.74, 6) is 0. The van der Waals surface area contributed by atoms with Gasteiger partial charge in [0.25, 0.3) is 0 Å². The van der Waals surface area contributed by atoms with E-state index in [0.717, 1.165) is 6.54 Å². The summed E-state index contributed by atoms with van der Waals surface area (Å²) in [5.41, 5.74) is 3.50. The fourth-order valence-electron chi connectivity index (χ4n) is 3.61. The fourth-order valence-corrected chi connectivity index (χ4v) is 4.08. The molecule has 1 aromatic rings. The number of benzene rings is 1. The lowest BCUT2D eigenvalue weighted by Gasteiger charge is -2.34. The Hall–Kier alpha value is -0.0900. The van der Waals surface area contributed by atoms with E-state index in [4.69, 9.17) is 0 Å². The molecular weight excluding hydrogens is 336 g/mol. The number of nitrogens with zero attached hydrogens (tertiary/aromatic N) is 1. The van der Waals surface area contributed by atoms with Crippen molar-refractivity contribution in [1.29, 1.82) is 0 Å². The molecule has 0 atom stereocenters. The van der Waals surface area contributed by atoms with Crippen LogP contribution in [0.1, 0.15) is 30.4 Å². The van der Waals surface area contributed by atoms with E-state index in [0.29, 0.717) is 5.41 Å². The van der Waals surface area contributed by atoms with E-state index in [1.54, 1.807) is 0 Å². The predicted molar refractivity (Wildman–Crippen MR) is 90.6 cm³/mol. The van der Waals surface area contributed by atoms with Gasteiger partial charge in [0.2, 0.25) is 0 Å². The van der Waals surface area contributed by atoms with Gasteiger partial charge in [0.15, 0.2) is 0 Å². The molecule has 2 saturated heterocycles. The minimum atomic E-state index is 0. The average Bonchev–Trinajstić information content (AvgIpc) is 2.77. The number of likely N-dealkylation sites (tertiary alicyclic amines) is 1. The van der Waals surface area contributed by atoms with Gasteiger partial charge in [-0.1, -0.05) is 22.0 Å². The van der Waals surface area contributed by atoms with Gasteiger partial charge in [0, 0.05) is 17.6 Å². The Morgan fingerprint density at radius 2 is 2.00 bits per heavy atom. The number of hydrogen-bond donors (Lipinski definition) is 1. The zero-order valence-electron chi connectivity index (χ0n) is 12.1. The Labute approximate surface area is 136 Å².